The van der Waals surface area contributed by atoms with E-state index in [1.165, 1.54) is 13.0 Å². The highest BCUT2D eigenvalue weighted by Crippen LogP contribution is 2.22. The summed E-state index contributed by atoms with van der Waals surface area (Å²) >= 11 is 0. The number of methoxy groups -OCH3 is 1. The van der Waals surface area contributed by atoms with Crippen LogP contribution < -0.4 is 15.7 Å². The zero-order chi connectivity index (χ0) is 19.4. The van der Waals surface area contributed by atoms with Crippen LogP contribution in [0.2, 0.25) is 0 Å². The van der Waals surface area contributed by atoms with Gasteiger partial charge in [0.1, 0.15) is 16.9 Å². The Bertz CT molecular complexity index is 1040. The maximum atomic E-state index is 12.8. The van der Waals surface area contributed by atoms with Crippen molar-refractivity contribution in [3.05, 3.63) is 76.1 Å². The van der Waals surface area contributed by atoms with Crippen molar-refractivity contribution >= 4 is 22.7 Å². The molecule has 1 unspecified atom stereocenters. The van der Waals surface area contributed by atoms with Crippen molar-refractivity contribution in [2.75, 3.05) is 7.11 Å². The molecule has 0 radical (unpaired) electrons. The molecular weight excluding hydrogens is 346 g/mol. The Hall–Kier alpha value is -3.41. The number of carbonyl (C=O) groups excluding carboxylic acids is 2. The van der Waals surface area contributed by atoms with Crippen LogP contribution in [0.5, 0.6) is 5.75 Å². The second-order valence-electron chi connectivity index (χ2n) is 6.14. The number of ether oxygens (including phenoxy) is 1. The molecule has 0 aliphatic carbocycles. The number of carbonyl (C=O) groups is 2. The van der Waals surface area contributed by atoms with Crippen LogP contribution in [0.15, 0.2) is 63.8 Å². The van der Waals surface area contributed by atoms with Crippen LogP contribution in [0, 0.1) is 0 Å². The number of benzene rings is 2. The topological polar surface area (TPSA) is 85.6 Å². The lowest BCUT2D eigenvalue weighted by Crippen LogP contribution is -2.29. The van der Waals surface area contributed by atoms with Crippen LogP contribution in [0.3, 0.4) is 0 Å². The summed E-state index contributed by atoms with van der Waals surface area (Å²) in [7, 11) is 1.56. The van der Waals surface area contributed by atoms with Gasteiger partial charge < -0.3 is 14.5 Å². The maximum absolute atomic E-state index is 12.8. The fraction of sp³-hybridized carbons (Fsp3) is 0.190. The number of hydrogen-bond acceptors (Lipinski definition) is 5. The molecule has 27 heavy (non-hydrogen) atoms. The van der Waals surface area contributed by atoms with Crippen molar-refractivity contribution in [3.63, 3.8) is 0 Å². The maximum Gasteiger partial charge on any atom is 0.347 e. The average Bonchev–Trinajstić information content (AvgIpc) is 2.66. The van der Waals surface area contributed by atoms with Gasteiger partial charge in [-0.2, -0.15) is 0 Å². The number of ketones is 1. The second-order valence-corrected chi connectivity index (χ2v) is 6.14. The Morgan fingerprint density at radius 3 is 2.48 bits per heavy atom. The van der Waals surface area contributed by atoms with E-state index in [-0.39, 0.29) is 17.9 Å². The lowest BCUT2D eigenvalue weighted by Gasteiger charge is -2.18. The van der Waals surface area contributed by atoms with E-state index in [1.807, 2.05) is 0 Å². The number of nitrogens with one attached hydrogen (secondary N) is 1. The molecule has 0 bridgehead atoms. The van der Waals surface area contributed by atoms with E-state index in [9.17, 15) is 14.4 Å². The normalized spacial score (nSPS) is 11.8. The molecule has 6 heteroatoms. The van der Waals surface area contributed by atoms with Gasteiger partial charge in [-0.1, -0.05) is 30.3 Å². The van der Waals surface area contributed by atoms with E-state index in [0.29, 0.717) is 16.7 Å². The van der Waals surface area contributed by atoms with E-state index >= 15 is 0 Å². The summed E-state index contributed by atoms with van der Waals surface area (Å²) in [6.45, 7) is 1.38. The molecule has 2 aromatic carbocycles. The highest BCUT2D eigenvalue weighted by molar-refractivity contribution is 5.98. The standard InChI is InChI=1S/C21H19NO5/c1-13(23)22-18(14-7-9-16(26-2)10-8-14)12-19(24)17-11-15-5-3-4-6-20(15)27-21(17)25/h3-11,18H,12H2,1-2H3,(H,22,23). The molecule has 6 nitrogen and oxygen atoms in total. The smallest absolute Gasteiger partial charge is 0.347 e. The molecule has 1 aromatic heterocycles. The first-order valence-corrected chi connectivity index (χ1v) is 8.45. The second kappa shape index (κ2) is 7.86. The zero-order valence-corrected chi connectivity index (χ0v) is 15.0. The molecule has 1 atom stereocenters. The first kappa shape index (κ1) is 18.4. The van der Waals surface area contributed by atoms with Crippen molar-refractivity contribution in [1.29, 1.82) is 0 Å². The van der Waals surface area contributed by atoms with Gasteiger partial charge in [-0.05, 0) is 29.8 Å². The van der Waals surface area contributed by atoms with Crippen LogP contribution in [0.4, 0.5) is 0 Å². The lowest BCUT2D eigenvalue weighted by molar-refractivity contribution is -0.119. The SMILES string of the molecule is COc1ccc(C(CC(=O)c2cc3ccccc3oc2=O)NC(C)=O)cc1. The quantitative estimate of drug-likeness (QED) is 0.535. The van der Waals surface area contributed by atoms with Gasteiger partial charge in [-0.15, -0.1) is 0 Å². The highest BCUT2D eigenvalue weighted by Gasteiger charge is 2.21. The van der Waals surface area contributed by atoms with Crippen molar-refractivity contribution in [1.82, 2.24) is 5.32 Å². The molecule has 0 saturated heterocycles. The third-order valence-corrected chi connectivity index (χ3v) is 4.23. The molecule has 1 heterocycles. The van der Waals surface area contributed by atoms with E-state index in [1.54, 1.807) is 55.6 Å². The van der Waals surface area contributed by atoms with Gasteiger partial charge in [0.15, 0.2) is 5.78 Å². The van der Waals surface area contributed by atoms with Gasteiger partial charge in [0.2, 0.25) is 5.91 Å². The van der Waals surface area contributed by atoms with Crippen LogP contribution in [0.1, 0.15) is 35.3 Å². The van der Waals surface area contributed by atoms with Gasteiger partial charge in [-0.25, -0.2) is 4.79 Å². The number of amides is 1. The third-order valence-electron chi connectivity index (χ3n) is 4.23. The van der Waals surface area contributed by atoms with Crippen LogP contribution in [-0.2, 0) is 4.79 Å². The monoisotopic (exact) mass is 365 g/mol. The molecule has 3 aromatic rings. The Morgan fingerprint density at radius 1 is 1.11 bits per heavy atom. The number of para-hydroxylation sites is 1. The Labute approximate surface area is 155 Å². The first-order chi connectivity index (χ1) is 13.0. The third kappa shape index (κ3) is 4.23. The molecule has 1 N–H and O–H groups in total. The first-order valence-electron chi connectivity index (χ1n) is 8.45. The van der Waals surface area contributed by atoms with Gasteiger partial charge in [0.05, 0.1) is 13.2 Å². The van der Waals surface area contributed by atoms with Gasteiger partial charge >= 0.3 is 5.63 Å². The number of hydrogen-bond donors (Lipinski definition) is 1. The Morgan fingerprint density at radius 2 is 1.81 bits per heavy atom. The molecule has 0 spiro atoms. The molecule has 0 fully saturated rings. The Kier molecular flexibility index (Phi) is 5.35. The average molecular weight is 365 g/mol. The van der Waals surface area contributed by atoms with E-state index < -0.39 is 17.5 Å². The largest absolute Gasteiger partial charge is 0.497 e. The summed E-state index contributed by atoms with van der Waals surface area (Å²) in [6.07, 6.45) is -0.0605. The fourth-order valence-corrected chi connectivity index (χ4v) is 2.89. The van der Waals surface area contributed by atoms with Gasteiger partial charge in [-0.3, -0.25) is 9.59 Å². The fourth-order valence-electron chi connectivity index (χ4n) is 2.89. The molecular formula is C21H19NO5. The van der Waals surface area contributed by atoms with Crippen LogP contribution in [-0.4, -0.2) is 18.8 Å². The summed E-state index contributed by atoms with van der Waals surface area (Å²) in [5.41, 5.74) is 0.449. The van der Waals surface area contributed by atoms with Crippen molar-refractivity contribution in [2.24, 2.45) is 0 Å². The number of rotatable bonds is 6. The van der Waals surface area contributed by atoms with Crippen LogP contribution >= 0.6 is 0 Å². The van der Waals surface area contributed by atoms with Gasteiger partial charge in [0, 0.05) is 18.7 Å². The minimum absolute atomic E-state index is 0.0300. The number of fused-ring (bicyclic) bond motifs is 1. The van der Waals surface area contributed by atoms with Gasteiger partial charge in [0.25, 0.3) is 0 Å². The molecule has 1 amide bonds. The van der Waals surface area contributed by atoms with Crippen molar-refractivity contribution < 1.29 is 18.7 Å². The minimum atomic E-state index is -0.685. The zero-order valence-electron chi connectivity index (χ0n) is 15.0. The van der Waals surface area contributed by atoms with E-state index in [2.05, 4.69) is 5.32 Å². The van der Waals surface area contributed by atoms with E-state index in [0.717, 1.165) is 5.56 Å². The van der Waals surface area contributed by atoms with Crippen LogP contribution in [0.25, 0.3) is 11.0 Å². The highest BCUT2D eigenvalue weighted by atomic mass is 16.5. The summed E-state index contributed by atoms with van der Waals surface area (Å²) in [5.74, 6) is 0.0000558. The lowest BCUT2D eigenvalue weighted by atomic mass is 9.98. The van der Waals surface area contributed by atoms with E-state index in [4.69, 9.17) is 9.15 Å². The predicted molar refractivity (Wildman–Crippen MR) is 101 cm³/mol. The molecule has 138 valence electrons. The number of Topliss-reactive ketones (excluding diaryl/α,β-unsaturated/α-hetero) is 1. The molecule has 3 rings (SSSR count). The molecule has 0 aliphatic rings. The molecule has 0 saturated carbocycles. The summed E-state index contributed by atoms with van der Waals surface area (Å²) in [6, 6.07) is 15.0. The molecule has 0 aliphatic heterocycles. The summed E-state index contributed by atoms with van der Waals surface area (Å²) in [5, 5.41) is 3.43. The predicted octanol–water partition coefficient (Wildman–Crippen LogP) is 3.25. The Balaban J connectivity index is 1.91. The van der Waals surface area contributed by atoms with Crippen molar-refractivity contribution in [2.45, 2.75) is 19.4 Å². The van der Waals surface area contributed by atoms with Crippen molar-refractivity contribution in [3.8, 4) is 5.75 Å². The summed E-state index contributed by atoms with van der Waals surface area (Å²) in [4.78, 5) is 36.6. The minimum Gasteiger partial charge on any atom is -0.497 e. The summed E-state index contributed by atoms with van der Waals surface area (Å²) < 4.78 is 10.4.